The van der Waals surface area contributed by atoms with E-state index in [2.05, 4.69) is 54.8 Å². The molecule has 2 aliphatic carbocycles. The van der Waals surface area contributed by atoms with Gasteiger partial charge in [-0.2, -0.15) is 9.97 Å². The van der Waals surface area contributed by atoms with Crippen molar-refractivity contribution in [3.05, 3.63) is 66.2 Å². The van der Waals surface area contributed by atoms with E-state index >= 15 is 0 Å². The summed E-state index contributed by atoms with van der Waals surface area (Å²) in [4.78, 5) is 21.1. The van der Waals surface area contributed by atoms with Crippen LogP contribution in [-0.2, 0) is 6.42 Å². The molecule has 3 N–H and O–H groups in total. The largest absolute Gasteiger partial charge is 0.365 e. The summed E-state index contributed by atoms with van der Waals surface area (Å²) in [6, 6.07) is 13.0. The van der Waals surface area contributed by atoms with Gasteiger partial charge in [0, 0.05) is 24.1 Å². The Morgan fingerprint density at radius 2 is 1.77 bits per heavy atom. The van der Waals surface area contributed by atoms with E-state index in [0.717, 1.165) is 40.9 Å². The molecule has 7 heteroatoms. The Kier molecular flexibility index (Phi) is 4.52. The predicted octanol–water partition coefficient (Wildman–Crippen LogP) is 4.68. The number of fused-ring (bicyclic) bond motifs is 3. The third-order valence-corrected chi connectivity index (χ3v) is 6.71. The summed E-state index contributed by atoms with van der Waals surface area (Å²) in [7, 11) is 0. The minimum atomic E-state index is 0.494. The molecular weight excluding hydrogens is 386 g/mol. The van der Waals surface area contributed by atoms with Crippen LogP contribution in [0.25, 0.3) is 11.2 Å². The number of aromatic nitrogens is 5. The molecule has 1 aromatic carbocycles. The van der Waals surface area contributed by atoms with Crippen LogP contribution in [0, 0.1) is 11.8 Å². The van der Waals surface area contributed by atoms with Gasteiger partial charge in [0.2, 0.25) is 5.95 Å². The lowest BCUT2D eigenvalue weighted by molar-refractivity contribution is 0.439. The molecule has 2 bridgehead atoms. The van der Waals surface area contributed by atoms with Crippen molar-refractivity contribution in [1.82, 2.24) is 24.9 Å². The molecule has 0 saturated heterocycles. The molecule has 156 valence electrons. The maximum absolute atomic E-state index is 4.78. The summed E-state index contributed by atoms with van der Waals surface area (Å²) in [6.07, 6.45) is 11.5. The molecule has 3 unspecified atom stereocenters. The number of imidazole rings is 1. The summed E-state index contributed by atoms with van der Waals surface area (Å²) in [5, 5.41) is 7.04. The lowest BCUT2D eigenvalue weighted by Crippen LogP contribution is -2.26. The van der Waals surface area contributed by atoms with Crippen molar-refractivity contribution >= 4 is 28.6 Å². The van der Waals surface area contributed by atoms with Gasteiger partial charge in [-0.25, -0.2) is 4.98 Å². The minimum Gasteiger partial charge on any atom is -0.365 e. The van der Waals surface area contributed by atoms with Gasteiger partial charge in [0.15, 0.2) is 11.5 Å². The summed E-state index contributed by atoms with van der Waals surface area (Å²) < 4.78 is 0. The van der Waals surface area contributed by atoms with Crippen molar-refractivity contribution in [3.8, 4) is 0 Å². The summed E-state index contributed by atoms with van der Waals surface area (Å²) in [6.45, 7) is 0. The molecule has 3 heterocycles. The molecule has 2 fully saturated rings. The zero-order valence-electron chi connectivity index (χ0n) is 17.3. The van der Waals surface area contributed by atoms with Gasteiger partial charge in [0.25, 0.3) is 0 Å². The van der Waals surface area contributed by atoms with Crippen LogP contribution >= 0.6 is 0 Å². The quantitative estimate of drug-likeness (QED) is 0.427. The average Bonchev–Trinajstić information content (AvgIpc) is 3.53. The van der Waals surface area contributed by atoms with Gasteiger partial charge >= 0.3 is 0 Å². The molecule has 3 aromatic heterocycles. The van der Waals surface area contributed by atoms with E-state index in [-0.39, 0.29) is 0 Å². The first kappa shape index (κ1) is 18.3. The van der Waals surface area contributed by atoms with Crippen LogP contribution in [0.1, 0.15) is 36.8 Å². The first-order valence-corrected chi connectivity index (χ1v) is 11.0. The van der Waals surface area contributed by atoms with Crippen LogP contribution in [0.3, 0.4) is 0 Å². The van der Waals surface area contributed by atoms with Crippen LogP contribution in [0.5, 0.6) is 0 Å². The lowest BCUT2D eigenvalue weighted by Gasteiger charge is -2.23. The van der Waals surface area contributed by atoms with Gasteiger partial charge < -0.3 is 15.6 Å². The van der Waals surface area contributed by atoms with Crippen molar-refractivity contribution in [2.75, 3.05) is 10.6 Å². The molecule has 3 atom stereocenters. The van der Waals surface area contributed by atoms with Gasteiger partial charge in [-0.1, -0.05) is 18.6 Å². The Morgan fingerprint density at radius 3 is 2.55 bits per heavy atom. The highest BCUT2D eigenvalue weighted by Gasteiger charge is 2.39. The fourth-order valence-electron chi connectivity index (χ4n) is 5.16. The number of H-pyrrole nitrogens is 1. The first-order valence-electron chi connectivity index (χ1n) is 11.0. The second-order valence-corrected chi connectivity index (χ2v) is 8.78. The number of benzene rings is 1. The second-order valence-electron chi connectivity index (χ2n) is 8.78. The van der Waals surface area contributed by atoms with E-state index in [1.807, 2.05) is 24.5 Å². The molecule has 0 spiro atoms. The van der Waals surface area contributed by atoms with E-state index in [4.69, 9.17) is 4.98 Å². The van der Waals surface area contributed by atoms with Crippen molar-refractivity contribution in [2.24, 2.45) is 11.8 Å². The van der Waals surface area contributed by atoms with Gasteiger partial charge in [-0.05, 0) is 72.9 Å². The average molecular weight is 412 g/mol. The Balaban J connectivity index is 1.21. The molecular formula is C24H25N7. The molecule has 2 aliphatic rings. The topological polar surface area (TPSA) is 91.4 Å². The fraction of sp³-hybridized carbons (Fsp3) is 0.333. The van der Waals surface area contributed by atoms with Crippen molar-refractivity contribution in [1.29, 1.82) is 0 Å². The number of hydrogen-bond donors (Lipinski definition) is 3. The third kappa shape index (κ3) is 3.71. The Labute approximate surface area is 180 Å². The van der Waals surface area contributed by atoms with E-state index in [1.165, 1.54) is 36.8 Å². The van der Waals surface area contributed by atoms with Crippen LogP contribution in [0.15, 0.2) is 55.1 Å². The Hall–Kier alpha value is -3.48. The van der Waals surface area contributed by atoms with Crippen molar-refractivity contribution < 1.29 is 0 Å². The van der Waals surface area contributed by atoms with Gasteiger partial charge in [0.05, 0.1) is 6.33 Å². The molecule has 2 saturated carbocycles. The molecule has 0 amide bonds. The van der Waals surface area contributed by atoms with Gasteiger partial charge in [-0.3, -0.25) is 4.98 Å². The highest BCUT2D eigenvalue weighted by Crippen LogP contribution is 2.45. The van der Waals surface area contributed by atoms with Crippen LogP contribution in [0.4, 0.5) is 17.5 Å². The maximum Gasteiger partial charge on any atom is 0.231 e. The Bertz CT molecular complexity index is 1190. The van der Waals surface area contributed by atoms with Crippen molar-refractivity contribution in [2.45, 2.75) is 38.1 Å². The van der Waals surface area contributed by atoms with E-state index in [9.17, 15) is 0 Å². The fourth-order valence-corrected chi connectivity index (χ4v) is 5.16. The maximum atomic E-state index is 4.78. The molecule has 6 rings (SSSR count). The second kappa shape index (κ2) is 7.65. The standard InChI is InChI=1S/C24H25N7/c1-4-18-12-17(1)13-20(18)29-23-21-22(27-14-26-21)30-24(31-23)28-19-5-2-15(3-6-19)11-16-7-9-25-10-8-16/h2-3,5-10,14,17-18,20H,1,4,11-13H2,(H3,26,27,28,29,30,31). The summed E-state index contributed by atoms with van der Waals surface area (Å²) in [5.74, 6) is 3.03. The normalized spacial score (nSPS) is 22.1. The first-order chi connectivity index (χ1) is 15.3. The number of hydrogen-bond acceptors (Lipinski definition) is 6. The van der Waals surface area contributed by atoms with Crippen molar-refractivity contribution in [3.63, 3.8) is 0 Å². The van der Waals surface area contributed by atoms with E-state index < -0.39 is 0 Å². The van der Waals surface area contributed by atoms with Crippen LogP contribution in [0.2, 0.25) is 0 Å². The lowest BCUT2D eigenvalue weighted by atomic mass is 9.95. The molecule has 0 radical (unpaired) electrons. The molecule has 4 aromatic rings. The SMILES string of the molecule is c1cc(Cc2ccc(Nc3nc(NC4CC5CCC4C5)c4nc[nH]c4n3)cc2)ccn1. The van der Waals surface area contributed by atoms with Crippen LogP contribution in [-0.4, -0.2) is 31.0 Å². The third-order valence-electron chi connectivity index (χ3n) is 6.71. The Morgan fingerprint density at radius 1 is 0.935 bits per heavy atom. The summed E-state index contributed by atoms with van der Waals surface area (Å²) in [5.41, 5.74) is 5.02. The van der Waals surface area contributed by atoms with Gasteiger partial charge in [-0.15, -0.1) is 0 Å². The minimum absolute atomic E-state index is 0.494. The van der Waals surface area contributed by atoms with E-state index in [0.29, 0.717) is 12.0 Å². The highest BCUT2D eigenvalue weighted by atomic mass is 15.2. The van der Waals surface area contributed by atoms with Crippen LogP contribution < -0.4 is 10.6 Å². The number of nitrogens with zero attached hydrogens (tertiary/aromatic N) is 4. The smallest absolute Gasteiger partial charge is 0.231 e. The highest BCUT2D eigenvalue weighted by molar-refractivity contribution is 5.84. The molecule has 31 heavy (non-hydrogen) atoms. The molecule has 7 nitrogen and oxygen atoms in total. The summed E-state index contributed by atoms with van der Waals surface area (Å²) >= 11 is 0. The predicted molar refractivity (Wildman–Crippen MR) is 121 cm³/mol. The molecule has 0 aliphatic heterocycles. The number of anilines is 3. The number of aromatic amines is 1. The monoisotopic (exact) mass is 411 g/mol. The van der Waals surface area contributed by atoms with E-state index in [1.54, 1.807) is 6.33 Å². The number of rotatable bonds is 6. The number of nitrogens with one attached hydrogen (secondary N) is 3. The number of pyridine rings is 1. The van der Waals surface area contributed by atoms with Gasteiger partial charge in [0.1, 0.15) is 5.52 Å². The zero-order chi connectivity index (χ0) is 20.6. The zero-order valence-corrected chi connectivity index (χ0v) is 17.3.